The molecule has 3 rings (SSSR count). The Kier molecular flexibility index (Phi) is 5.26. The smallest absolute Gasteiger partial charge is 0.224 e. The van der Waals surface area contributed by atoms with E-state index in [9.17, 15) is 9.90 Å². The van der Waals surface area contributed by atoms with Crippen molar-refractivity contribution in [2.75, 3.05) is 19.8 Å². The molecule has 1 unspecified atom stereocenters. The first kappa shape index (κ1) is 16.0. The minimum absolute atomic E-state index is 0.0819. The Morgan fingerprint density at radius 3 is 2.78 bits per heavy atom. The van der Waals surface area contributed by atoms with E-state index >= 15 is 0 Å². The van der Waals surface area contributed by atoms with Gasteiger partial charge in [0.05, 0.1) is 19.1 Å². The lowest BCUT2D eigenvalue weighted by molar-refractivity contribution is -0.121. The maximum Gasteiger partial charge on any atom is 0.224 e. The van der Waals surface area contributed by atoms with E-state index in [4.69, 9.17) is 4.74 Å². The monoisotopic (exact) mass is 313 g/mol. The van der Waals surface area contributed by atoms with E-state index in [1.165, 1.54) is 18.2 Å². The molecule has 0 spiro atoms. The minimum Gasteiger partial charge on any atom is -0.389 e. The van der Waals surface area contributed by atoms with Crippen LogP contribution in [0.4, 0.5) is 0 Å². The second-order valence-corrected chi connectivity index (χ2v) is 6.30. The standard InChI is InChI=1S/C19H23NO3/c21-18(13-23-12-14-5-6-14)11-20-19(22)10-15-7-8-16-3-1-2-4-17(16)9-15/h1-4,7-9,14,18,21H,5-6,10-13H2,(H,20,22). The van der Waals surface area contributed by atoms with E-state index in [0.717, 1.165) is 17.6 Å². The molecule has 0 aliphatic heterocycles. The van der Waals surface area contributed by atoms with Crippen LogP contribution < -0.4 is 5.32 Å². The van der Waals surface area contributed by atoms with Gasteiger partial charge in [-0.1, -0.05) is 42.5 Å². The number of ether oxygens (including phenoxy) is 1. The topological polar surface area (TPSA) is 58.6 Å². The van der Waals surface area contributed by atoms with Crippen molar-refractivity contribution in [3.63, 3.8) is 0 Å². The van der Waals surface area contributed by atoms with Crippen molar-refractivity contribution in [2.45, 2.75) is 25.4 Å². The van der Waals surface area contributed by atoms with Gasteiger partial charge in [-0.15, -0.1) is 0 Å². The number of aliphatic hydroxyl groups is 1. The van der Waals surface area contributed by atoms with Gasteiger partial charge < -0.3 is 15.2 Å². The number of aliphatic hydroxyl groups excluding tert-OH is 1. The Bertz CT molecular complexity index is 666. The van der Waals surface area contributed by atoms with E-state index in [1.54, 1.807) is 0 Å². The van der Waals surface area contributed by atoms with Gasteiger partial charge in [0.25, 0.3) is 0 Å². The molecule has 1 atom stereocenters. The van der Waals surface area contributed by atoms with Gasteiger partial charge in [-0.2, -0.15) is 0 Å². The molecule has 0 aromatic heterocycles. The molecule has 2 N–H and O–H groups in total. The highest BCUT2D eigenvalue weighted by atomic mass is 16.5. The quantitative estimate of drug-likeness (QED) is 0.786. The summed E-state index contributed by atoms with van der Waals surface area (Å²) in [5.41, 5.74) is 0.973. The fourth-order valence-corrected chi connectivity index (χ4v) is 2.54. The largest absolute Gasteiger partial charge is 0.389 e. The fraction of sp³-hybridized carbons (Fsp3) is 0.421. The first-order valence-electron chi connectivity index (χ1n) is 8.21. The number of rotatable bonds is 8. The van der Waals surface area contributed by atoms with Crippen LogP contribution in [-0.4, -0.2) is 36.9 Å². The third-order valence-corrected chi connectivity index (χ3v) is 4.07. The molecule has 4 nitrogen and oxygen atoms in total. The maximum absolute atomic E-state index is 12.0. The predicted octanol–water partition coefficient (Wildman–Crippen LogP) is 2.29. The number of fused-ring (bicyclic) bond motifs is 1. The van der Waals surface area contributed by atoms with E-state index in [2.05, 4.69) is 11.4 Å². The van der Waals surface area contributed by atoms with Crippen LogP contribution in [0.15, 0.2) is 42.5 Å². The van der Waals surface area contributed by atoms with Crippen LogP contribution in [0.25, 0.3) is 10.8 Å². The summed E-state index contributed by atoms with van der Waals surface area (Å²) in [7, 11) is 0. The molecule has 1 saturated carbocycles. The zero-order valence-corrected chi connectivity index (χ0v) is 13.2. The summed E-state index contributed by atoms with van der Waals surface area (Å²) >= 11 is 0. The normalized spacial score (nSPS) is 15.5. The number of hydrogen-bond acceptors (Lipinski definition) is 3. The lowest BCUT2D eigenvalue weighted by Crippen LogP contribution is -2.35. The Morgan fingerprint density at radius 1 is 1.22 bits per heavy atom. The summed E-state index contributed by atoms with van der Waals surface area (Å²) in [5, 5.41) is 14.9. The van der Waals surface area contributed by atoms with Gasteiger partial charge in [-0.25, -0.2) is 0 Å². The summed E-state index contributed by atoms with van der Waals surface area (Å²) in [5.74, 6) is 0.603. The summed E-state index contributed by atoms with van der Waals surface area (Å²) in [6.07, 6.45) is 2.15. The Morgan fingerprint density at radius 2 is 2.00 bits per heavy atom. The fourth-order valence-electron chi connectivity index (χ4n) is 2.54. The van der Waals surface area contributed by atoms with Crippen LogP contribution in [0.2, 0.25) is 0 Å². The number of hydrogen-bond donors (Lipinski definition) is 2. The predicted molar refractivity (Wildman–Crippen MR) is 90.2 cm³/mol. The van der Waals surface area contributed by atoms with Crippen molar-refractivity contribution in [1.82, 2.24) is 5.32 Å². The number of carbonyl (C=O) groups excluding carboxylic acids is 1. The van der Waals surface area contributed by atoms with Crippen LogP contribution in [0.3, 0.4) is 0 Å². The molecule has 2 aromatic rings. The zero-order valence-electron chi connectivity index (χ0n) is 13.2. The average molecular weight is 313 g/mol. The van der Waals surface area contributed by atoms with Crippen LogP contribution >= 0.6 is 0 Å². The SMILES string of the molecule is O=C(Cc1ccc2ccccc2c1)NCC(O)COCC1CC1. The van der Waals surface area contributed by atoms with Gasteiger partial charge in [-0.05, 0) is 35.1 Å². The van der Waals surface area contributed by atoms with E-state index in [-0.39, 0.29) is 19.1 Å². The third-order valence-electron chi connectivity index (χ3n) is 4.07. The van der Waals surface area contributed by atoms with Crippen molar-refractivity contribution in [2.24, 2.45) is 5.92 Å². The summed E-state index contributed by atoms with van der Waals surface area (Å²) in [4.78, 5) is 12.0. The van der Waals surface area contributed by atoms with Gasteiger partial charge in [0.1, 0.15) is 0 Å². The lowest BCUT2D eigenvalue weighted by atomic mass is 10.0. The Hall–Kier alpha value is -1.91. The number of carbonyl (C=O) groups is 1. The van der Waals surface area contributed by atoms with Crippen LogP contribution in [0, 0.1) is 5.92 Å². The van der Waals surface area contributed by atoms with Crippen molar-refractivity contribution in [3.05, 3.63) is 48.0 Å². The Labute approximate surface area is 136 Å². The second-order valence-electron chi connectivity index (χ2n) is 6.30. The van der Waals surface area contributed by atoms with Gasteiger partial charge in [0, 0.05) is 13.2 Å². The van der Waals surface area contributed by atoms with Gasteiger partial charge >= 0.3 is 0 Å². The van der Waals surface area contributed by atoms with Crippen LogP contribution in [0.5, 0.6) is 0 Å². The highest BCUT2D eigenvalue weighted by Gasteiger charge is 2.21. The molecule has 1 amide bonds. The molecule has 0 heterocycles. The van der Waals surface area contributed by atoms with Gasteiger partial charge in [0.15, 0.2) is 0 Å². The summed E-state index contributed by atoms with van der Waals surface area (Å²) in [6.45, 7) is 1.24. The molecule has 1 aliphatic carbocycles. The third kappa shape index (κ3) is 5.05. The van der Waals surface area contributed by atoms with Crippen molar-refractivity contribution in [1.29, 1.82) is 0 Å². The average Bonchev–Trinajstić information content (AvgIpc) is 3.37. The number of benzene rings is 2. The molecule has 1 aliphatic rings. The van der Waals surface area contributed by atoms with E-state index in [1.807, 2.05) is 36.4 Å². The number of nitrogens with one attached hydrogen (secondary N) is 1. The Balaban J connectivity index is 1.42. The molecule has 122 valence electrons. The lowest BCUT2D eigenvalue weighted by Gasteiger charge is -2.12. The minimum atomic E-state index is -0.644. The maximum atomic E-state index is 12.0. The molecule has 1 fully saturated rings. The highest BCUT2D eigenvalue weighted by molar-refractivity contribution is 5.85. The molecular weight excluding hydrogens is 290 g/mol. The van der Waals surface area contributed by atoms with Crippen molar-refractivity contribution >= 4 is 16.7 Å². The van der Waals surface area contributed by atoms with Crippen LogP contribution in [-0.2, 0) is 16.0 Å². The van der Waals surface area contributed by atoms with E-state index in [0.29, 0.717) is 12.3 Å². The molecule has 0 bridgehead atoms. The first-order valence-corrected chi connectivity index (χ1v) is 8.21. The summed E-state index contributed by atoms with van der Waals surface area (Å²) in [6, 6.07) is 14.1. The molecule has 23 heavy (non-hydrogen) atoms. The first-order chi connectivity index (χ1) is 11.2. The van der Waals surface area contributed by atoms with E-state index < -0.39 is 6.10 Å². The van der Waals surface area contributed by atoms with Crippen molar-refractivity contribution in [3.8, 4) is 0 Å². The summed E-state index contributed by atoms with van der Waals surface area (Å²) < 4.78 is 5.42. The molecular formula is C19H23NO3. The van der Waals surface area contributed by atoms with Crippen molar-refractivity contribution < 1.29 is 14.6 Å². The van der Waals surface area contributed by atoms with Gasteiger partial charge in [0.2, 0.25) is 5.91 Å². The zero-order chi connectivity index (χ0) is 16.1. The highest BCUT2D eigenvalue weighted by Crippen LogP contribution is 2.28. The molecule has 4 heteroatoms. The molecule has 2 aromatic carbocycles. The second kappa shape index (κ2) is 7.57. The van der Waals surface area contributed by atoms with Gasteiger partial charge in [-0.3, -0.25) is 4.79 Å². The number of amides is 1. The molecule has 0 radical (unpaired) electrons. The molecule has 0 saturated heterocycles. The van der Waals surface area contributed by atoms with Crippen LogP contribution in [0.1, 0.15) is 18.4 Å².